The maximum Gasteiger partial charge on any atom is 0.190 e. The molecule has 0 atom stereocenters. The summed E-state index contributed by atoms with van der Waals surface area (Å²) < 4.78 is 2.44. The quantitative estimate of drug-likeness (QED) is 0.274. The molecule has 0 aliphatic carbocycles. The first kappa shape index (κ1) is 22.8. The van der Waals surface area contributed by atoms with E-state index in [2.05, 4.69) is 79.1 Å². The summed E-state index contributed by atoms with van der Waals surface area (Å²) >= 11 is 9.24. The van der Waals surface area contributed by atoms with Crippen LogP contribution in [0.1, 0.15) is 34.3 Å². The number of fused-ring (bicyclic) bond motifs is 1. The molecule has 4 nitrogen and oxygen atoms in total. The third-order valence-electron chi connectivity index (χ3n) is 7.35. The summed E-state index contributed by atoms with van der Waals surface area (Å²) in [4.78, 5) is 11.3. The van der Waals surface area contributed by atoms with Crippen molar-refractivity contribution in [1.29, 1.82) is 0 Å². The molecule has 4 heterocycles. The van der Waals surface area contributed by atoms with Crippen LogP contribution in [-0.4, -0.2) is 34.6 Å². The lowest BCUT2D eigenvalue weighted by Crippen LogP contribution is -2.28. The summed E-state index contributed by atoms with van der Waals surface area (Å²) in [6.45, 7) is 14.5. The highest BCUT2D eigenvalue weighted by atomic mass is 35.5. The Morgan fingerprint density at radius 2 is 1.91 bits per heavy atom. The van der Waals surface area contributed by atoms with Crippen molar-refractivity contribution < 1.29 is 0 Å². The second kappa shape index (κ2) is 8.51. The molecule has 35 heavy (non-hydrogen) atoms. The molecule has 2 aliphatic rings. The molecule has 180 valence electrons. The number of nitrogens with zero attached hydrogens (tertiary/aromatic N) is 4. The summed E-state index contributed by atoms with van der Waals surface area (Å²) in [6, 6.07) is 11.2. The van der Waals surface area contributed by atoms with E-state index < -0.39 is 0 Å². The molecular formula is C29H31ClN4S. The average molecular weight is 503 g/mol. The summed E-state index contributed by atoms with van der Waals surface area (Å²) in [7, 11) is 2.17. The maximum atomic E-state index is 7.40. The van der Waals surface area contributed by atoms with E-state index in [9.17, 15) is 0 Å². The zero-order valence-corrected chi connectivity index (χ0v) is 22.5. The molecule has 0 radical (unpaired) electrons. The van der Waals surface area contributed by atoms with Crippen LogP contribution in [0.5, 0.6) is 0 Å². The molecule has 4 aromatic rings. The van der Waals surface area contributed by atoms with Crippen molar-refractivity contribution >= 4 is 44.7 Å². The fraction of sp³-hybridized carbons (Fsp3) is 0.345. The number of aryl methyl sites for hydroxylation is 2. The second-order valence-corrected chi connectivity index (χ2v) is 11.7. The van der Waals surface area contributed by atoms with Gasteiger partial charge in [-0.25, -0.2) is 4.98 Å². The number of likely N-dealkylation sites (N-methyl/N-ethyl adjacent to an activating group) is 1. The Balaban J connectivity index is 1.62. The Morgan fingerprint density at radius 3 is 2.66 bits per heavy atom. The molecule has 0 saturated carbocycles. The minimum absolute atomic E-state index is 0.752. The van der Waals surface area contributed by atoms with E-state index in [1.807, 2.05) is 11.3 Å². The van der Waals surface area contributed by atoms with E-state index in [-0.39, 0.29) is 0 Å². The molecule has 6 heteroatoms. The van der Waals surface area contributed by atoms with Gasteiger partial charge >= 0.3 is 0 Å². The molecule has 0 N–H and O–H groups in total. The molecule has 0 saturated heterocycles. The van der Waals surface area contributed by atoms with Gasteiger partial charge in [-0.05, 0) is 63.4 Å². The predicted molar refractivity (Wildman–Crippen MR) is 150 cm³/mol. The molecule has 0 bridgehead atoms. The van der Waals surface area contributed by atoms with Gasteiger partial charge in [-0.15, -0.1) is 11.3 Å². The smallest absolute Gasteiger partial charge is 0.190 e. The minimum Gasteiger partial charge on any atom is -0.341 e. The largest absolute Gasteiger partial charge is 0.341 e. The fourth-order valence-corrected chi connectivity index (χ4v) is 7.07. The Kier molecular flexibility index (Phi) is 5.55. The minimum atomic E-state index is 0.752. The van der Waals surface area contributed by atoms with Gasteiger partial charge in [0.2, 0.25) is 0 Å². The number of rotatable bonds is 4. The van der Waals surface area contributed by atoms with Crippen LogP contribution in [0.25, 0.3) is 22.0 Å². The van der Waals surface area contributed by atoms with E-state index in [1.165, 1.54) is 43.9 Å². The molecular weight excluding hydrogens is 472 g/mol. The molecule has 0 spiro atoms. The van der Waals surface area contributed by atoms with Crippen LogP contribution < -0.4 is 4.90 Å². The zero-order valence-electron chi connectivity index (χ0n) is 20.9. The molecule has 6 rings (SSSR count). The van der Waals surface area contributed by atoms with Gasteiger partial charge < -0.3 is 14.4 Å². The lowest BCUT2D eigenvalue weighted by atomic mass is 9.90. The van der Waals surface area contributed by atoms with E-state index in [0.717, 1.165) is 66.0 Å². The fourth-order valence-electron chi connectivity index (χ4n) is 5.63. The number of benzene rings is 2. The van der Waals surface area contributed by atoms with Gasteiger partial charge in [0, 0.05) is 42.1 Å². The van der Waals surface area contributed by atoms with Crippen LogP contribution in [0, 0.1) is 13.8 Å². The number of allylic oxidation sites excluding steroid dienone is 1. The van der Waals surface area contributed by atoms with Crippen molar-refractivity contribution in [1.82, 2.24) is 14.5 Å². The number of anilines is 2. The van der Waals surface area contributed by atoms with Crippen molar-refractivity contribution in [3.05, 3.63) is 74.9 Å². The molecule has 0 unspecified atom stereocenters. The van der Waals surface area contributed by atoms with Crippen molar-refractivity contribution in [2.24, 2.45) is 0 Å². The monoisotopic (exact) mass is 502 g/mol. The highest BCUT2D eigenvalue weighted by Gasteiger charge is 2.32. The Hall–Kier alpha value is -2.60. The second-order valence-electron chi connectivity index (χ2n) is 10.2. The summed E-state index contributed by atoms with van der Waals surface area (Å²) in [5.74, 6) is 0. The van der Waals surface area contributed by atoms with Gasteiger partial charge in [-0.3, -0.25) is 0 Å². The molecule has 2 aromatic heterocycles. The van der Waals surface area contributed by atoms with Crippen LogP contribution >= 0.6 is 22.9 Å². The van der Waals surface area contributed by atoms with Gasteiger partial charge in [0.1, 0.15) is 0 Å². The number of hydrogen-bond acceptors (Lipinski definition) is 4. The zero-order chi connectivity index (χ0) is 24.4. The Labute approximate surface area is 216 Å². The van der Waals surface area contributed by atoms with Crippen molar-refractivity contribution in [3.63, 3.8) is 0 Å². The third kappa shape index (κ3) is 3.72. The normalized spacial score (nSPS) is 15.6. The lowest BCUT2D eigenvalue weighted by molar-refractivity contribution is 0.311. The number of thiazole rings is 1. The van der Waals surface area contributed by atoms with E-state index in [4.69, 9.17) is 16.6 Å². The Morgan fingerprint density at radius 1 is 1.14 bits per heavy atom. The molecule has 2 aliphatic heterocycles. The molecule has 2 aromatic carbocycles. The highest BCUT2D eigenvalue weighted by molar-refractivity contribution is 7.15. The van der Waals surface area contributed by atoms with Gasteiger partial charge in [0.15, 0.2) is 5.13 Å². The topological polar surface area (TPSA) is 24.3 Å². The van der Waals surface area contributed by atoms with Crippen LogP contribution in [0.15, 0.2) is 42.5 Å². The SMILES string of the molecule is C=C(C)Cc1c(Cl)c2c3c(cc(C)n3CCN2c2nc3c(s2)CCN(C)C3)c1-c1ccc(C)cc1. The van der Waals surface area contributed by atoms with Gasteiger partial charge in [-0.1, -0.05) is 53.6 Å². The first-order chi connectivity index (χ1) is 16.8. The average Bonchev–Trinajstić information content (AvgIpc) is 3.39. The first-order valence-electron chi connectivity index (χ1n) is 12.3. The summed E-state index contributed by atoms with van der Waals surface area (Å²) in [5.41, 5.74) is 10.8. The number of halogens is 1. The van der Waals surface area contributed by atoms with E-state index in [1.54, 1.807) is 0 Å². The highest BCUT2D eigenvalue weighted by Crippen LogP contribution is 2.50. The lowest BCUT2D eigenvalue weighted by Gasteiger charge is -2.32. The van der Waals surface area contributed by atoms with E-state index >= 15 is 0 Å². The van der Waals surface area contributed by atoms with Gasteiger partial charge in [0.25, 0.3) is 0 Å². The van der Waals surface area contributed by atoms with Crippen LogP contribution in [0.2, 0.25) is 5.02 Å². The number of aromatic nitrogens is 2. The first-order valence-corrected chi connectivity index (χ1v) is 13.5. The third-order valence-corrected chi connectivity index (χ3v) is 8.93. The standard InChI is InChI=1S/C29H31ClN4S/c1-17(2)14-21-25(20-8-6-18(3)7-9-20)22-15-19(4)33-12-13-34(28(26(21)30)27(22)33)29-31-23-16-32(5)11-10-24(23)35-29/h6-9,15H,1,10-14,16H2,2-5H3. The van der Waals surface area contributed by atoms with Crippen molar-refractivity contribution in [2.75, 3.05) is 25.0 Å². The van der Waals surface area contributed by atoms with Crippen LogP contribution in [0.4, 0.5) is 10.8 Å². The van der Waals surface area contributed by atoms with E-state index in [0.29, 0.717) is 0 Å². The summed E-state index contributed by atoms with van der Waals surface area (Å²) in [5, 5.41) is 3.18. The van der Waals surface area contributed by atoms with Gasteiger partial charge in [-0.2, -0.15) is 0 Å². The van der Waals surface area contributed by atoms with Crippen LogP contribution in [-0.2, 0) is 25.9 Å². The van der Waals surface area contributed by atoms with Crippen molar-refractivity contribution in [2.45, 2.75) is 46.7 Å². The molecule has 0 amide bonds. The molecule has 0 fully saturated rings. The van der Waals surface area contributed by atoms with Crippen LogP contribution in [0.3, 0.4) is 0 Å². The summed E-state index contributed by atoms with van der Waals surface area (Å²) in [6.07, 6.45) is 1.82. The predicted octanol–water partition coefficient (Wildman–Crippen LogP) is 7.29. The maximum absolute atomic E-state index is 7.40. The Bertz CT molecular complexity index is 1480. The van der Waals surface area contributed by atoms with Gasteiger partial charge in [0.05, 0.1) is 21.9 Å². The number of hydrogen-bond donors (Lipinski definition) is 0. The van der Waals surface area contributed by atoms with Crippen molar-refractivity contribution in [3.8, 4) is 11.1 Å².